The van der Waals surface area contributed by atoms with E-state index >= 15 is 0 Å². The predicted octanol–water partition coefficient (Wildman–Crippen LogP) is 0.560. The Kier molecular flexibility index (Phi) is 7.35. The van der Waals surface area contributed by atoms with Gasteiger partial charge in [0.15, 0.2) is 0 Å². The third kappa shape index (κ3) is 7.22. The summed E-state index contributed by atoms with van der Waals surface area (Å²) < 4.78 is 30.5. The molecule has 0 radical (unpaired) electrons. The highest BCUT2D eigenvalue weighted by Crippen LogP contribution is 2.05. The molecule has 0 amide bonds. The Hall–Kier alpha value is -1.44. The second kappa shape index (κ2) is 8.76. The van der Waals surface area contributed by atoms with Crippen LogP contribution in [0.1, 0.15) is 24.0 Å². The summed E-state index contributed by atoms with van der Waals surface area (Å²) in [5.41, 5.74) is 7.48. The van der Waals surface area contributed by atoms with Gasteiger partial charge in [0, 0.05) is 13.0 Å². The SMILES string of the molecule is COC(=O)CCCS(=O)(=O)NCc1ccc(CCN)cc1. The first-order valence-corrected chi connectivity index (χ1v) is 8.44. The number of esters is 1. The number of nitrogens with one attached hydrogen (secondary N) is 1. The number of sulfonamides is 1. The molecule has 0 saturated carbocycles. The Morgan fingerprint density at radius 2 is 1.86 bits per heavy atom. The quantitative estimate of drug-likeness (QED) is 0.649. The van der Waals surface area contributed by atoms with Crippen LogP contribution >= 0.6 is 0 Å². The molecule has 0 heterocycles. The summed E-state index contributed by atoms with van der Waals surface area (Å²) in [6.07, 6.45) is 1.15. The fourth-order valence-electron chi connectivity index (χ4n) is 1.76. The van der Waals surface area contributed by atoms with Gasteiger partial charge >= 0.3 is 5.97 Å². The van der Waals surface area contributed by atoms with E-state index in [1.165, 1.54) is 7.11 Å². The zero-order valence-corrected chi connectivity index (χ0v) is 13.0. The molecule has 118 valence electrons. The molecule has 1 aromatic carbocycles. The van der Waals surface area contributed by atoms with Crippen molar-refractivity contribution in [2.45, 2.75) is 25.8 Å². The average molecular weight is 314 g/mol. The van der Waals surface area contributed by atoms with E-state index in [1.807, 2.05) is 24.3 Å². The Labute approximate surface area is 125 Å². The summed E-state index contributed by atoms with van der Waals surface area (Å²) in [4.78, 5) is 10.9. The minimum Gasteiger partial charge on any atom is -0.469 e. The lowest BCUT2D eigenvalue weighted by atomic mass is 10.1. The molecule has 0 atom stereocenters. The van der Waals surface area contributed by atoms with Crippen LogP contribution in [-0.4, -0.2) is 33.8 Å². The first-order valence-electron chi connectivity index (χ1n) is 6.79. The van der Waals surface area contributed by atoms with Crippen LogP contribution in [0.25, 0.3) is 0 Å². The molecule has 0 fully saturated rings. The fourth-order valence-corrected chi connectivity index (χ4v) is 2.82. The highest BCUT2D eigenvalue weighted by molar-refractivity contribution is 7.89. The number of ether oxygens (including phenoxy) is 1. The van der Waals surface area contributed by atoms with Gasteiger partial charge in [0.05, 0.1) is 12.9 Å². The van der Waals surface area contributed by atoms with Gasteiger partial charge in [-0.3, -0.25) is 4.79 Å². The van der Waals surface area contributed by atoms with Gasteiger partial charge in [-0.2, -0.15) is 0 Å². The second-order valence-electron chi connectivity index (χ2n) is 4.67. The van der Waals surface area contributed by atoms with Crippen LogP contribution in [0.3, 0.4) is 0 Å². The average Bonchev–Trinajstić information content (AvgIpc) is 2.46. The fraction of sp³-hybridized carbons (Fsp3) is 0.500. The van der Waals surface area contributed by atoms with Crippen LogP contribution in [-0.2, 0) is 32.5 Å². The van der Waals surface area contributed by atoms with Crippen LogP contribution in [0.15, 0.2) is 24.3 Å². The van der Waals surface area contributed by atoms with Gasteiger partial charge in [0.25, 0.3) is 0 Å². The number of methoxy groups -OCH3 is 1. The minimum atomic E-state index is -3.38. The Morgan fingerprint density at radius 1 is 1.24 bits per heavy atom. The number of benzene rings is 1. The zero-order valence-electron chi connectivity index (χ0n) is 12.2. The van der Waals surface area contributed by atoms with Crippen molar-refractivity contribution in [1.82, 2.24) is 4.72 Å². The molecule has 0 aliphatic carbocycles. The molecule has 0 saturated heterocycles. The summed E-state index contributed by atoms with van der Waals surface area (Å²) in [5, 5.41) is 0. The van der Waals surface area contributed by atoms with Gasteiger partial charge in [0.2, 0.25) is 10.0 Å². The molecule has 0 spiro atoms. The molecule has 21 heavy (non-hydrogen) atoms. The van der Waals surface area contributed by atoms with Crippen molar-refractivity contribution in [3.8, 4) is 0 Å². The number of hydrogen-bond donors (Lipinski definition) is 2. The van der Waals surface area contributed by atoms with E-state index in [-0.39, 0.29) is 25.1 Å². The standard InChI is InChI=1S/C14H22N2O4S/c1-20-14(17)3-2-10-21(18,19)16-11-13-6-4-12(5-7-13)8-9-15/h4-7,16H,2-3,8-11,15H2,1H3. The second-order valence-corrected chi connectivity index (χ2v) is 6.60. The molecule has 0 aromatic heterocycles. The molecule has 7 heteroatoms. The van der Waals surface area contributed by atoms with Gasteiger partial charge in [-0.1, -0.05) is 24.3 Å². The highest BCUT2D eigenvalue weighted by Gasteiger charge is 2.11. The smallest absolute Gasteiger partial charge is 0.305 e. The van der Waals surface area contributed by atoms with Crippen LogP contribution in [0.2, 0.25) is 0 Å². The van der Waals surface area contributed by atoms with E-state index in [1.54, 1.807) is 0 Å². The maximum absolute atomic E-state index is 11.8. The Morgan fingerprint density at radius 3 is 2.43 bits per heavy atom. The number of carbonyl (C=O) groups excluding carboxylic acids is 1. The molecule has 0 aliphatic rings. The molecule has 0 bridgehead atoms. The summed E-state index contributed by atoms with van der Waals surface area (Å²) in [6.45, 7) is 0.829. The minimum absolute atomic E-state index is 0.0899. The molecular weight excluding hydrogens is 292 g/mol. The Balaban J connectivity index is 2.40. The molecular formula is C14H22N2O4S. The first kappa shape index (κ1) is 17.6. The van der Waals surface area contributed by atoms with E-state index in [0.29, 0.717) is 6.54 Å². The van der Waals surface area contributed by atoms with Crippen molar-refractivity contribution >= 4 is 16.0 Å². The molecule has 6 nitrogen and oxygen atoms in total. The molecule has 1 aromatic rings. The number of carbonyl (C=O) groups is 1. The lowest BCUT2D eigenvalue weighted by molar-refractivity contribution is -0.140. The van der Waals surface area contributed by atoms with Gasteiger partial charge in [-0.05, 0) is 30.5 Å². The van der Waals surface area contributed by atoms with Crippen molar-refractivity contribution in [2.24, 2.45) is 5.73 Å². The summed E-state index contributed by atoms with van der Waals surface area (Å²) >= 11 is 0. The van der Waals surface area contributed by atoms with Crippen LogP contribution in [0, 0.1) is 0 Å². The van der Waals surface area contributed by atoms with Gasteiger partial charge < -0.3 is 10.5 Å². The van der Waals surface area contributed by atoms with Crippen molar-refractivity contribution in [3.05, 3.63) is 35.4 Å². The molecule has 3 N–H and O–H groups in total. The summed E-state index contributed by atoms with van der Waals surface area (Å²) in [5.74, 6) is -0.492. The summed E-state index contributed by atoms with van der Waals surface area (Å²) in [7, 11) is -2.10. The van der Waals surface area contributed by atoms with Gasteiger partial charge in [-0.15, -0.1) is 0 Å². The first-order chi connectivity index (χ1) is 9.96. The van der Waals surface area contributed by atoms with Crippen molar-refractivity contribution in [1.29, 1.82) is 0 Å². The maximum Gasteiger partial charge on any atom is 0.305 e. The van der Waals surface area contributed by atoms with Crippen LogP contribution < -0.4 is 10.5 Å². The largest absolute Gasteiger partial charge is 0.469 e. The van der Waals surface area contributed by atoms with Gasteiger partial charge in [-0.25, -0.2) is 13.1 Å². The van der Waals surface area contributed by atoms with Crippen molar-refractivity contribution in [3.63, 3.8) is 0 Å². The number of rotatable bonds is 9. The molecule has 0 aliphatic heterocycles. The van der Waals surface area contributed by atoms with E-state index in [0.717, 1.165) is 17.5 Å². The lowest BCUT2D eigenvalue weighted by Gasteiger charge is -2.07. The molecule has 1 rings (SSSR count). The van der Waals surface area contributed by atoms with Gasteiger partial charge in [0.1, 0.15) is 0 Å². The molecule has 0 unspecified atom stereocenters. The summed E-state index contributed by atoms with van der Waals surface area (Å²) in [6, 6.07) is 7.63. The van der Waals surface area contributed by atoms with Crippen molar-refractivity contribution in [2.75, 3.05) is 19.4 Å². The topological polar surface area (TPSA) is 98.5 Å². The van der Waals surface area contributed by atoms with Crippen molar-refractivity contribution < 1.29 is 17.9 Å². The Bertz CT molecular complexity index is 541. The van der Waals surface area contributed by atoms with E-state index < -0.39 is 16.0 Å². The number of hydrogen-bond acceptors (Lipinski definition) is 5. The maximum atomic E-state index is 11.8. The zero-order chi connectivity index (χ0) is 15.7. The predicted molar refractivity (Wildman–Crippen MR) is 81.1 cm³/mol. The van der Waals surface area contributed by atoms with Crippen LogP contribution in [0.5, 0.6) is 0 Å². The van der Waals surface area contributed by atoms with E-state index in [9.17, 15) is 13.2 Å². The number of nitrogens with two attached hydrogens (primary N) is 1. The third-order valence-corrected chi connectivity index (χ3v) is 4.38. The lowest BCUT2D eigenvalue weighted by Crippen LogP contribution is -2.26. The van der Waals surface area contributed by atoms with Crippen LogP contribution in [0.4, 0.5) is 0 Å². The van der Waals surface area contributed by atoms with E-state index in [4.69, 9.17) is 5.73 Å². The third-order valence-electron chi connectivity index (χ3n) is 2.97. The normalized spacial score (nSPS) is 11.3. The van der Waals surface area contributed by atoms with E-state index in [2.05, 4.69) is 9.46 Å². The monoisotopic (exact) mass is 314 g/mol. The highest BCUT2D eigenvalue weighted by atomic mass is 32.2.